The Morgan fingerprint density at radius 3 is 2.56 bits per heavy atom. The number of nitrogens with zero attached hydrogens (tertiary/aromatic N) is 2. The Bertz CT molecular complexity index is 1160. The number of hydrogen-bond acceptors (Lipinski definition) is 4. The summed E-state index contributed by atoms with van der Waals surface area (Å²) in [4.78, 5) is 17.2. The first kappa shape index (κ1) is 20.0. The number of thiazole rings is 1. The second kappa shape index (κ2) is 8.08. The second-order valence-electron chi connectivity index (χ2n) is 6.23. The molecule has 0 unspecified atom stereocenters. The molecule has 5 nitrogen and oxygen atoms in total. The predicted molar refractivity (Wildman–Crippen MR) is 112 cm³/mol. The van der Waals surface area contributed by atoms with Crippen molar-refractivity contribution in [2.24, 2.45) is 4.99 Å². The van der Waals surface area contributed by atoms with E-state index in [0.717, 1.165) is 26.7 Å². The molecule has 1 aromatic heterocycles. The van der Waals surface area contributed by atoms with Crippen LogP contribution in [0.2, 0.25) is 0 Å². The highest BCUT2D eigenvalue weighted by atomic mass is 79.9. The van der Waals surface area contributed by atoms with Crippen LogP contribution in [-0.2, 0) is 21.2 Å². The van der Waals surface area contributed by atoms with Crippen molar-refractivity contribution >= 4 is 53.2 Å². The lowest BCUT2D eigenvalue weighted by atomic mass is 10.2. The largest absolute Gasteiger partial charge is 0.316 e. The predicted octanol–water partition coefficient (Wildman–Crippen LogP) is 4.08. The first-order valence-electron chi connectivity index (χ1n) is 8.46. The molecule has 0 aliphatic carbocycles. The maximum atomic E-state index is 12.5. The summed E-state index contributed by atoms with van der Waals surface area (Å²) < 4.78 is 28.9. The normalized spacial score (nSPS) is 12.6. The molecule has 0 saturated carbocycles. The van der Waals surface area contributed by atoms with Gasteiger partial charge in [-0.15, -0.1) is 0 Å². The van der Waals surface area contributed by atoms with Crippen LogP contribution in [-0.4, -0.2) is 24.6 Å². The van der Waals surface area contributed by atoms with Crippen LogP contribution in [0, 0.1) is 6.92 Å². The number of hydrogen-bond donors (Lipinski definition) is 0. The van der Waals surface area contributed by atoms with E-state index in [9.17, 15) is 13.2 Å². The molecule has 1 amide bonds. The van der Waals surface area contributed by atoms with Crippen molar-refractivity contribution < 1.29 is 13.2 Å². The van der Waals surface area contributed by atoms with Crippen molar-refractivity contribution in [1.82, 2.24) is 4.57 Å². The Balaban J connectivity index is 1.97. The lowest BCUT2D eigenvalue weighted by Crippen LogP contribution is -2.21. The molecule has 1 heterocycles. The molecular weight excluding hydrogens is 448 g/mol. The van der Waals surface area contributed by atoms with Crippen molar-refractivity contribution in [3.8, 4) is 0 Å². The quantitative estimate of drug-likeness (QED) is 0.568. The molecule has 0 bridgehead atoms. The number of amides is 1. The summed E-state index contributed by atoms with van der Waals surface area (Å²) in [6, 6.07) is 12.4. The molecule has 0 saturated heterocycles. The summed E-state index contributed by atoms with van der Waals surface area (Å²) in [6.45, 7) is 4.63. The number of rotatable bonds is 5. The van der Waals surface area contributed by atoms with Crippen molar-refractivity contribution in [3.05, 3.63) is 57.3 Å². The van der Waals surface area contributed by atoms with Gasteiger partial charge in [-0.3, -0.25) is 4.79 Å². The summed E-state index contributed by atoms with van der Waals surface area (Å²) in [5, 5.41) is 0. The Morgan fingerprint density at radius 2 is 1.89 bits per heavy atom. The maximum absolute atomic E-state index is 12.5. The molecule has 0 N–H and O–H groups in total. The molecule has 27 heavy (non-hydrogen) atoms. The Hall–Kier alpha value is -1.77. The number of halogens is 1. The molecule has 0 aliphatic rings. The van der Waals surface area contributed by atoms with Crippen LogP contribution < -0.4 is 4.80 Å². The fourth-order valence-electron chi connectivity index (χ4n) is 2.70. The highest BCUT2D eigenvalue weighted by Crippen LogP contribution is 2.22. The zero-order chi connectivity index (χ0) is 19.6. The van der Waals surface area contributed by atoms with Gasteiger partial charge in [-0.25, -0.2) is 8.42 Å². The number of fused-ring (bicyclic) bond motifs is 1. The maximum Gasteiger partial charge on any atom is 0.263 e. The molecule has 142 valence electrons. The summed E-state index contributed by atoms with van der Waals surface area (Å²) in [7, 11) is -3.71. The first-order chi connectivity index (χ1) is 12.8. The van der Waals surface area contributed by atoms with E-state index in [-0.39, 0.29) is 4.90 Å². The van der Waals surface area contributed by atoms with E-state index >= 15 is 0 Å². The smallest absolute Gasteiger partial charge is 0.263 e. The van der Waals surface area contributed by atoms with E-state index in [1.807, 2.05) is 36.6 Å². The summed E-state index contributed by atoms with van der Waals surface area (Å²) in [6.07, 6.45) is 0.880. The van der Waals surface area contributed by atoms with E-state index in [2.05, 4.69) is 20.9 Å². The monoisotopic (exact) mass is 466 g/mol. The van der Waals surface area contributed by atoms with Crippen LogP contribution in [0.1, 0.15) is 18.9 Å². The van der Waals surface area contributed by atoms with Crippen molar-refractivity contribution in [3.63, 3.8) is 0 Å². The molecular formula is C19H19BrN2O3S2. The minimum Gasteiger partial charge on any atom is -0.316 e. The van der Waals surface area contributed by atoms with E-state index in [1.165, 1.54) is 23.5 Å². The number of carbonyl (C=O) groups excluding carboxylic acids is 1. The van der Waals surface area contributed by atoms with Crippen LogP contribution in [0.3, 0.4) is 0 Å². The van der Waals surface area contributed by atoms with Crippen molar-refractivity contribution in [1.29, 1.82) is 0 Å². The molecule has 8 heteroatoms. The van der Waals surface area contributed by atoms with Crippen LogP contribution in [0.25, 0.3) is 10.2 Å². The van der Waals surface area contributed by atoms with Gasteiger partial charge in [-0.2, -0.15) is 4.99 Å². The van der Waals surface area contributed by atoms with Gasteiger partial charge in [0, 0.05) is 11.0 Å². The van der Waals surface area contributed by atoms with Gasteiger partial charge < -0.3 is 4.57 Å². The molecule has 2 aromatic carbocycles. The van der Waals surface area contributed by atoms with Gasteiger partial charge in [0.05, 0.1) is 15.1 Å². The van der Waals surface area contributed by atoms with Gasteiger partial charge in [0.2, 0.25) is 0 Å². The van der Waals surface area contributed by atoms with Crippen molar-refractivity contribution in [2.45, 2.75) is 31.7 Å². The van der Waals surface area contributed by atoms with Crippen molar-refractivity contribution in [2.75, 3.05) is 5.75 Å². The van der Waals surface area contributed by atoms with Crippen LogP contribution >= 0.6 is 27.3 Å². The number of benzene rings is 2. The minimum atomic E-state index is -3.71. The molecule has 0 aliphatic heterocycles. The van der Waals surface area contributed by atoms with Gasteiger partial charge in [-0.1, -0.05) is 51.9 Å². The van der Waals surface area contributed by atoms with E-state index in [1.54, 1.807) is 12.1 Å². The number of carbonyl (C=O) groups is 1. The number of sulfone groups is 1. The SMILES string of the molecule is CCCn1c(=NC(=O)CS(=O)(=O)c2ccc(C)cc2)sc2cc(Br)ccc21. The molecule has 0 radical (unpaired) electrons. The highest BCUT2D eigenvalue weighted by molar-refractivity contribution is 9.10. The van der Waals surface area contributed by atoms with Crippen LogP contribution in [0.5, 0.6) is 0 Å². The topological polar surface area (TPSA) is 68.5 Å². The average Bonchev–Trinajstić information content (AvgIpc) is 2.91. The molecule has 0 fully saturated rings. The molecule has 0 atom stereocenters. The minimum absolute atomic E-state index is 0.137. The Morgan fingerprint density at radius 1 is 1.19 bits per heavy atom. The van der Waals surface area contributed by atoms with E-state index in [4.69, 9.17) is 0 Å². The van der Waals surface area contributed by atoms with Crippen LogP contribution in [0.4, 0.5) is 0 Å². The van der Waals surface area contributed by atoms with E-state index < -0.39 is 21.5 Å². The first-order valence-corrected chi connectivity index (χ1v) is 11.7. The fourth-order valence-corrected chi connectivity index (χ4v) is 5.43. The zero-order valence-electron chi connectivity index (χ0n) is 15.0. The number of aromatic nitrogens is 1. The number of aryl methyl sites for hydroxylation is 2. The van der Waals surface area contributed by atoms with Gasteiger partial charge in [0.25, 0.3) is 5.91 Å². The van der Waals surface area contributed by atoms with Gasteiger partial charge >= 0.3 is 0 Å². The lowest BCUT2D eigenvalue weighted by molar-refractivity contribution is -0.115. The van der Waals surface area contributed by atoms with Gasteiger partial charge in [0.1, 0.15) is 5.75 Å². The zero-order valence-corrected chi connectivity index (χ0v) is 18.2. The van der Waals surface area contributed by atoms with Gasteiger partial charge in [-0.05, 0) is 43.7 Å². The highest BCUT2D eigenvalue weighted by Gasteiger charge is 2.19. The average molecular weight is 467 g/mol. The Kier molecular flexibility index (Phi) is 5.98. The standard InChI is InChI=1S/C19H19BrN2O3S2/c1-3-10-22-16-9-6-14(20)11-17(16)26-19(22)21-18(23)12-27(24,25)15-7-4-13(2)5-8-15/h4-9,11H,3,10,12H2,1-2H3. The summed E-state index contributed by atoms with van der Waals surface area (Å²) in [5.74, 6) is -1.30. The molecule has 0 spiro atoms. The third-order valence-electron chi connectivity index (χ3n) is 4.01. The van der Waals surface area contributed by atoms with E-state index in [0.29, 0.717) is 11.3 Å². The molecule has 3 rings (SSSR count). The third kappa shape index (κ3) is 4.56. The van der Waals surface area contributed by atoms with Crippen LogP contribution in [0.15, 0.2) is 56.8 Å². The third-order valence-corrected chi connectivity index (χ3v) is 7.16. The second-order valence-corrected chi connectivity index (χ2v) is 10.1. The summed E-state index contributed by atoms with van der Waals surface area (Å²) in [5.41, 5.74) is 1.94. The summed E-state index contributed by atoms with van der Waals surface area (Å²) >= 11 is 4.83. The lowest BCUT2D eigenvalue weighted by Gasteiger charge is -2.04. The Labute approximate surface area is 170 Å². The van der Waals surface area contributed by atoms with Gasteiger partial charge in [0.15, 0.2) is 14.6 Å². The molecule has 3 aromatic rings. The fraction of sp³-hybridized carbons (Fsp3) is 0.263.